The van der Waals surface area contributed by atoms with E-state index in [1.165, 1.54) is 102 Å². The van der Waals surface area contributed by atoms with Gasteiger partial charge in [-0.2, -0.15) is 0 Å². The topological polar surface area (TPSA) is 21.3 Å². The lowest BCUT2D eigenvalue weighted by Gasteiger charge is -2.40. The van der Waals surface area contributed by atoms with Crippen molar-refractivity contribution in [3.05, 3.63) is 163 Å². The van der Waals surface area contributed by atoms with E-state index in [2.05, 4.69) is 189 Å². The third-order valence-electron chi connectivity index (χ3n) is 12.6. The molecule has 0 unspecified atom stereocenters. The molecule has 3 nitrogen and oxygen atoms in total. The van der Waals surface area contributed by atoms with Crippen LogP contribution < -0.4 is 15.9 Å². The summed E-state index contributed by atoms with van der Waals surface area (Å²) in [5, 5.41) is 3.68. The Morgan fingerprint density at radius 3 is 2.14 bits per heavy atom. The van der Waals surface area contributed by atoms with Crippen molar-refractivity contribution in [3.8, 4) is 39.1 Å². The van der Waals surface area contributed by atoms with Crippen molar-refractivity contribution in [2.75, 3.05) is 4.81 Å². The van der Waals surface area contributed by atoms with Gasteiger partial charge in [0.2, 0.25) is 0 Å². The van der Waals surface area contributed by atoms with E-state index in [1.807, 2.05) is 0 Å². The standard InChI is InChI=1S/C53H45BN2O/c1-5-6-8-15-34-22-29-39(30-23-34)56-46-21-14-11-18-40(46)43-33-42(36-24-27-38(28-25-36)53(2,3)4)48-41-19-12-13-20-45(41)55-50-44-32-37(35-16-9-7-10-17-35)26-31-47(44)57-52(50)54(56)49(43)51(48)55/h7,9-14,16-33H,5-6,8,15H2,1-4H3. The zero-order chi connectivity index (χ0) is 38.4. The van der Waals surface area contributed by atoms with E-state index in [-0.39, 0.29) is 12.3 Å². The lowest BCUT2D eigenvalue weighted by Crippen LogP contribution is -2.60. The van der Waals surface area contributed by atoms with Crippen LogP contribution in [0.4, 0.5) is 11.4 Å². The molecule has 0 N–H and O–H groups in total. The molecule has 2 aliphatic rings. The first-order valence-electron chi connectivity index (χ1n) is 20.7. The van der Waals surface area contributed by atoms with Crippen molar-refractivity contribution in [2.45, 2.75) is 58.8 Å². The van der Waals surface area contributed by atoms with E-state index in [0.29, 0.717) is 0 Å². The molecule has 11 rings (SSSR count). The molecule has 4 heterocycles. The maximum atomic E-state index is 7.23. The van der Waals surface area contributed by atoms with Crippen LogP contribution in [0.3, 0.4) is 0 Å². The molecule has 0 aliphatic carbocycles. The molecule has 7 aromatic carbocycles. The van der Waals surface area contributed by atoms with Gasteiger partial charge in [-0.1, -0.05) is 150 Å². The summed E-state index contributed by atoms with van der Waals surface area (Å²) >= 11 is 0. The number of nitrogens with zero attached hydrogens (tertiary/aromatic N) is 2. The molecule has 57 heavy (non-hydrogen) atoms. The van der Waals surface area contributed by atoms with Crippen molar-refractivity contribution < 1.29 is 4.42 Å². The number of hydrogen-bond donors (Lipinski definition) is 0. The Hall–Kier alpha value is -6.26. The second-order valence-electron chi connectivity index (χ2n) is 17.1. The third kappa shape index (κ3) is 5.19. The van der Waals surface area contributed by atoms with Gasteiger partial charge in [-0.25, -0.2) is 0 Å². The monoisotopic (exact) mass is 736 g/mol. The number of fused-ring (bicyclic) bond motifs is 10. The summed E-state index contributed by atoms with van der Waals surface area (Å²) < 4.78 is 9.78. The fourth-order valence-corrected chi connectivity index (χ4v) is 9.75. The SMILES string of the molecule is CCCCCc1ccc(N2B3c4oc5ccc(-c6ccccc6)cc5c4-n4c5ccccc5c5c(-c6ccc(C(C)(C)C)cc6)cc(c3c54)-c3ccccc32)cc1. The van der Waals surface area contributed by atoms with Gasteiger partial charge in [0.05, 0.1) is 16.7 Å². The first kappa shape index (κ1) is 34.0. The van der Waals surface area contributed by atoms with Crippen molar-refractivity contribution in [1.82, 2.24) is 4.57 Å². The molecule has 2 aromatic heterocycles. The van der Waals surface area contributed by atoms with Gasteiger partial charge in [-0.05, 0) is 105 Å². The van der Waals surface area contributed by atoms with Crippen molar-refractivity contribution >= 4 is 62.1 Å². The lowest BCUT2D eigenvalue weighted by atomic mass is 9.46. The van der Waals surface area contributed by atoms with Crippen LogP contribution in [0.1, 0.15) is 58.1 Å². The molecular weight excluding hydrogens is 691 g/mol. The summed E-state index contributed by atoms with van der Waals surface area (Å²) in [6.07, 6.45) is 4.81. The number of aromatic nitrogens is 1. The quantitative estimate of drug-likeness (QED) is 0.120. The van der Waals surface area contributed by atoms with Crippen molar-refractivity contribution in [1.29, 1.82) is 0 Å². The van der Waals surface area contributed by atoms with Crippen molar-refractivity contribution in [3.63, 3.8) is 0 Å². The van der Waals surface area contributed by atoms with Gasteiger partial charge in [0, 0.05) is 33.1 Å². The molecular formula is C53H45BN2O. The first-order chi connectivity index (χ1) is 27.9. The average molecular weight is 737 g/mol. The highest BCUT2D eigenvalue weighted by molar-refractivity contribution is 6.93. The molecule has 0 bridgehead atoms. The Morgan fingerprint density at radius 1 is 0.614 bits per heavy atom. The van der Waals surface area contributed by atoms with Gasteiger partial charge in [-0.15, -0.1) is 0 Å². The molecule has 0 saturated carbocycles. The van der Waals surface area contributed by atoms with Crippen LogP contribution in [-0.4, -0.2) is 11.4 Å². The Balaban J connectivity index is 1.25. The van der Waals surface area contributed by atoms with E-state index < -0.39 is 0 Å². The number of rotatable bonds is 7. The normalized spacial score (nSPS) is 13.1. The second-order valence-corrected chi connectivity index (χ2v) is 17.1. The predicted molar refractivity (Wildman–Crippen MR) is 242 cm³/mol. The number of aryl methyl sites for hydroxylation is 1. The summed E-state index contributed by atoms with van der Waals surface area (Å²) in [5.41, 5.74) is 19.4. The molecule has 0 atom stereocenters. The Labute approximate surface area is 335 Å². The number of furan rings is 1. The van der Waals surface area contributed by atoms with Crippen LogP contribution in [0.25, 0.3) is 71.8 Å². The van der Waals surface area contributed by atoms with Gasteiger partial charge >= 0.3 is 6.85 Å². The Morgan fingerprint density at radius 2 is 1.35 bits per heavy atom. The van der Waals surface area contributed by atoms with Crippen LogP contribution in [0.15, 0.2) is 156 Å². The molecule has 0 amide bonds. The number of anilines is 2. The highest BCUT2D eigenvalue weighted by atomic mass is 16.3. The summed E-state index contributed by atoms with van der Waals surface area (Å²) in [4.78, 5) is 2.56. The van der Waals surface area contributed by atoms with Gasteiger partial charge in [0.25, 0.3) is 0 Å². The van der Waals surface area contributed by atoms with E-state index in [0.717, 1.165) is 28.7 Å². The molecule has 0 fully saturated rings. The first-order valence-corrected chi connectivity index (χ1v) is 20.7. The molecule has 276 valence electrons. The van der Waals surface area contributed by atoms with Crippen LogP contribution in [0.5, 0.6) is 0 Å². The highest BCUT2D eigenvalue weighted by Gasteiger charge is 2.47. The smallest absolute Gasteiger partial charge is 0.375 e. The number of unbranched alkanes of at least 4 members (excludes halogenated alkanes) is 2. The zero-order valence-corrected chi connectivity index (χ0v) is 33.1. The average Bonchev–Trinajstić information content (AvgIpc) is 3.79. The summed E-state index contributed by atoms with van der Waals surface area (Å²) in [5.74, 6) is 0. The van der Waals surface area contributed by atoms with Crippen LogP contribution in [0.2, 0.25) is 0 Å². The van der Waals surface area contributed by atoms with Crippen molar-refractivity contribution in [2.24, 2.45) is 0 Å². The van der Waals surface area contributed by atoms with E-state index in [4.69, 9.17) is 4.42 Å². The minimum Gasteiger partial charge on any atom is -0.466 e. The summed E-state index contributed by atoms with van der Waals surface area (Å²) in [6.45, 7) is 8.96. The van der Waals surface area contributed by atoms with Gasteiger partial charge in [-0.3, -0.25) is 0 Å². The summed E-state index contributed by atoms with van der Waals surface area (Å²) in [7, 11) is 0. The summed E-state index contributed by atoms with van der Waals surface area (Å²) in [6, 6.07) is 56.6. The zero-order valence-electron chi connectivity index (χ0n) is 33.1. The van der Waals surface area contributed by atoms with E-state index in [9.17, 15) is 0 Å². The van der Waals surface area contributed by atoms with Crippen LogP contribution >= 0.6 is 0 Å². The number of para-hydroxylation sites is 2. The fraction of sp³-hybridized carbons (Fsp3) is 0.170. The van der Waals surface area contributed by atoms with Gasteiger partial charge < -0.3 is 13.8 Å². The van der Waals surface area contributed by atoms with E-state index in [1.54, 1.807) is 0 Å². The minimum absolute atomic E-state index is 0.0707. The maximum Gasteiger partial charge on any atom is 0.375 e. The second kappa shape index (κ2) is 12.9. The molecule has 9 aromatic rings. The fourth-order valence-electron chi connectivity index (χ4n) is 9.75. The molecule has 2 aliphatic heterocycles. The Kier molecular flexibility index (Phi) is 7.70. The van der Waals surface area contributed by atoms with Gasteiger partial charge in [0.15, 0.2) is 0 Å². The van der Waals surface area contributed by atoms with Crippen LogP contribution in [0, 0.1) is 0 Å². The predicted octanol–water partition coefficient (Wildman–Crippen LogP) is 13.1. The van der Waals surface area contributed by atoms with Crippen LogP contribution in [-0.2, 0) is 11.8 Å². The molecule has 0 spiro atoms. The molecule has 0 saturated heterocycles. The third-order valence-corrected chi connectivity index (χ3v) is 12.6. The number of benzene rings is 7. The largest absolute Gasteiger partial charge is 0.466 e. The number of hydrogen-bond acceptors (Lipinski definition) is 2. The van der Waals surface area contributed by atoms with Gasteiger partial charge in [0.1, 0.15) is 11.2 Å². The molecule has 0 radical (unpaired) electrons. The maximum absolute atomic E-state index is 7.23. The lowest BCUT2D eigenvalue weighted by molar-refractivity contribution is 0.590. The van der Waals surface area contributed by atoms with E-state index >= 15 is 0 Å². The minimum atomic E-state index is -0.181. The molecule has 4 heteroatoms. The Bertz CT molecular complexity index is 3000. The highest BCUT2D eigenvalue weighted by Crippen LogP contribution is 2.49.